The molecule has 0 aromatic heterocycles. The molecule has 0 bridgehead atoms. The number of rotatable bonds is 10. The van der Waals surface area contributed by atoms with E-state index < -0.39 is 6.04 Å². The van der Waals surface area contributed by atoms with Crippen LogP contribution in [0.4, 0.5) is 0 Å². The Labute approximate surface area is 183 Å². The van der Waals surface area contributed by atoms with E-state index in [1.807, 2.05) is 78.9 Å². The summed E-state index contributed by atoms with van der Waals surface area (Å²) in [6.45, 7) is 2.48. The highest BCUT2D eigenvalue weighted by molar-refractivity contribution is 5.87. The molecule has 0 heterocycles. The number of carbonyl (C=O) groups is 2. The normalized spacial score (nSPS) is 11.4. The van der Waals surface area contributed by atoms with Crippen molar-refractivity contribution in [2.45, 2.75) is 25.9 Å². The molecule has 3 rings (SSSR count). The van der Waals surface area contributed by atoms with Gasteiger partial charge in [-0.3, -0.25) is 9.59 Å². The number of hydrogen-bond acceptors (Lipinski definition) is 3. The lowest BCUT2D eigenvalue weighted by Crippen LogP contribution is -2.49. The van der Waals surface area contributed by atoms with Crippen LogP contribution in [0.5, 0.6) is 5.75 Å². The molecule has 0 aliphatic carbocycles. The Bertz CT molecular complexity index is 946. The Hall–Kier alpha value is -3.60. The topological polar surface area (TPSA) is 58.6 Å². The van der Waals surface area contributed by atoms with Crippen LogP contribution in [0, 0.1) is 0 Å². The van der Waals surface area contributed by atoms with Gasteiger partial charge in [0.2, 0.25) is 5.91 Å². The van der Waals surface area contributed by atoms with Crippen molar-refractivity contribution in [1.29, 1.82) is 0 Å². The maximum atomic E-state index is 13.0. The molecule has 160 valence electrons. The molecular formula is C26H28N2O3. The summed E-state index contributed by atoms with van der Waals surface area (Å²) in [5.74, 6) is 0.203. The van der Waals surface area contributed by atoms with Crippen molar-refractivity contribution >= 4 is 11.8 Å². The molecule has 0 fully saturated rings. The third kappa shape index (κ3) is 7.00. The molecular weight excluding hydrogens is 388 g/mol. The Balaban J connectivity index is 1.62. The van der Waals surface area contributed by atoms with E-state index >= 15 is 0 Å². The molecule has 2 amide bonds. The van der Waals surface area contributed by atoms with Gasteiger partial charge in [-0.2, -0.15) is 0 Å². The zero-order valence-electron chi connectivity index (χ0n) is 17.7. The van der Waals surface area contributed by atoms with Crippen molar-refractivity contribution < 1.29 is 14.3 Å². The van der Waals surface area contributed by atoms with Crippen LogP contribution in [0.25, 0.3) is 0 Å². The highest BCUT2D eigenvalue weighted by atomic mass is 16.5. The van der Waals surface area contributed by atoms with Gasteiger partial charge in [-0.15, -0.1) is 0 Å². The molecule has 3 aromatic rings. The number of carbonyl (C=O) groups excluding carboxylic acids is 2. The largest absolute Gasteiger partial charge is 0.484 e. The van der Waals surface area contributed by atoms with Gasteiger partial charge in [-0.05, 0) is 36.6 Å². The molecule has 0 saturated heterocycles. The number of hydrogen-bond donors (Lipinski definition) is 1. The molecule has 1 atom stereocenters. The van der Waals surface area contributed by atoms with E-state index in [4.69, 9.17) is 4.74 Å². The molecule has 5 heteroatoms. The van der Waals surface area contributed by atoms with Gasteiger partial charge < -0.3 is 15.0 Å². The second-order valence-electron chi connectivity index (χ2n) is 7.31. The van der Waals surface area contributed by atoms with E-state index in [9.17, 15) is 9.59 Å². The van der Waals surface area contributed by atoms with Crippen molar-refractivity contribution in [3.63, 3.8) is 0 Å². The quantitative estimate of drug-likeness (QED) is 0.546. The number of nitrogens with one attached hydrogen (secondary N) is 1. The minimum Gasteiger partial charge on any atom is -0.484 e. The van der Waals surface area contributed by atoms with Gasteiger partial charge in [0.15, 0.2) is 6.61 Å². The highest BCUT2D eigenvalue weighted by Gasteiger charge is 2.26. The van der Waals surface area contributed by atoms with Crippen LogP contribution in [0.1, 0.15) is 18.1 Å². The summed E-state index contributed by atoms with van der Waals surface area (Å²) in [4.78, 5) is 27.3. The summed E-state index contributed by atoms with van der Waals surface area (Å²) >= 11 is 0. The monoisotopic (exact) mass is 416 g/mol. The summed E-state index contributed by atoms with van der Waals surface area (Å²) in [6, 6.07) is 28.2. The molecule has 31 heavy (non-hydrogen) atoms. The van der Waals surface area contributed by atoms with Gasteiger partial charge in [-0.1, -0.05) is 78.9 Å². The van der Waals surface area contributed by atoms with Crippen LogP contribution in [0.15, 0.2) is 91.0 Å². The first kappa shape index (κ1) is 22.1. The number of nitrogens with zero attached hydrogens (tertiary/aromatic N) is 1. The number of ether oxygens (including phenoxy) is 1. The Morgan fingerprint density at radius 3 is 2.00 bits per heavy atom. The van der Waals surface area contributed by atoms with Gasteiger partial charge in [0.05, 0.1) is 0 Å². The highest BCUT2D eigenvalue weighted by Crippen LogP contribution is 2.12. The van der Waals surface area contributed by atoms with Crippen LogP contribution < -0.4 is 10.1 Å². The summed E-state index contributed by atoms with van der Waals surface area (Å²) in [6.07, 6.45) is 0.739. The van der Waals surface area contributed by atoms with Gasteiger partial charge in [0, 0.05) is 13.1 Å². The maximum Gasteiger partial charge on any atom is 0.261 e. The van der Waals surface area contributed by atoms with Gasteiger partial charge in [-0.25, -0.2) is 0 Å². The molecule has 0 saturated carbocycles. The predicted molar refractivity (Wildman–Crippen MR) is 122 cm³/mol. The fourth-order valence-corrected chi connectivity index (χ4v) is 3.23. The molecule has 0 aliphatic rings. The summed E-state index contributed by atoms with van der Waals surface area (Å²) in [7, 11) is 0. The average molecular weight is 417 g/mol. The second kappa shape index (κ2) is 11.6. The third-order valence-electron chi connectivity index (χ3n) is 5.02. The van der Waals surface area contributed by atoms with Crippen LogP contribution in [0.2, 0.25) is 0 Å². The lowest BCUT2D eigenvalue weighted by molar-refractivity contribution is -0.142. The molecule has 0 radical (unpaired) electrons. The Kier molecular flexibility index (Phi) is 8.23. The Morgan fingerprint density at radius 1 is 0.839 bits per heavy atom. The lowest BCUT2D eigenvalue weighted by atomic mass is 10.1. The van der Waals surface area contributed by atoms with E-state index in [2.05, 4.69) is 5.32 Å². The summed E-state index contributed by atoms with van der Waals surface area (Å²) < 4.78 is 5.63. The second-order valence-corrected chi connectivity index (χ2v) is 7.31. The van der Waals surface area contributed by atoms with Crippen LogP contribution in [-0.2, 0) is 22.6 Å². The van der Waals surface area contributed by atoms with Gasteiger partial charge in [0.1, 0.15) is 11.8 Å². The zero-order chi connectivity index (χ0) is 21.9. The van der Waals surface area contributed by atoms with E-state index in [0.717, 1.165) is 17.5 Å². The maximum absolute atomic E-state index is 13.0. The standard InChI is InChI=1S/C26H28N2O3/c1-21(26(30)27-18-17-22-11-5-2-6-12-22)28(19-23-13-7-3-8-14-23)25(29)20-31-24-15-9-4-10-16-24/h2-16,21H,17-20H2,1H3,(H,27,30)/t21-/m0/s1. The predicted octanol–water partition coefficient (Wildman–Crippen LogP) is 3.84. The van der Waals surface area contributed by atoms with Crippen molar-refractivity contribution in [2.24, 2.45) is 0 Å². The fraction of sp³-hybridized carbons (Fsp3) is 0.231. The smallest absolute Gasteiger partial charge is 0.261 e. The number of amides is 2. The Morgan fingerprint density at radius 2 is 1.39 bits per heavy atom. The van der Waals surface area contributed by atoms with Crippen molar-refractivity contribution in [3.8, 4) is 5.75 Å². The van der Waals surface area contributed by atoms with E-state index in [1.165, 1.54) is 0 Å². The van der Waals surface area contributed by atoms with Gasteiger partial charge >= 0.3 is 0 Å². The average Bonchev–Trinajstić information content (AvgIpc) is 2.82. The van der Waals surface area contributed by atoms with E-state index in [1.54, 1.807) is 24.0 Å². The number of benzene rings is 3. The number of para-hydroxylation sites is 1. The van der Waals surface area contributed by atoms with Crippen LogP contribution in [0.3, 0.4) is 0 Å². The molecule has 5 nitrogen and oxygen atoms in total. The lowest BCUT2D eigenvalue weighted by Gasteiger charge is -2.28. The van der Waals surface area contributed by atoms with E-state index in [-0.39, 0.29) is 18.4 Å². The van der Waals surface area contributed by atoms with Gasteiger partial charge in [0.25, 0.3) is 5.91 Å². The van der Waals surface area contributed by atoms with E-state index in [0.29, 0.717) is 18.8 Å². The first-order valence-corrected chi connectivity index (χ1v) is 10.5. The zero-order valence-corrected chi connectivity index (χ0v) is 17.7. The van der Waals surface area contributed by atoms with Crippen molar-refractivity contribution in [1.82, 2.24) is 10.2 Å². The fourth-order valence-electron chi connectivity index (χ4n) is 3.23. The molecule has 0 unspecified atom stereocenters. The minimum absolute atomic E-state index is 0.127. The van der Waals surface area contributed by atoms with Crippen LogP contribution in [-0.4, -0.2) is 35.9 Å². The molecule has 0 aliphatic heterocycles. The summed E-state index contributed by atoms with van der Waals surface area (Å²) in [5.41, 5.74) is 2.11. The SMILES string of the molecule is C[C@@H](C(=O)NCCc1ccccc1)N(Cc1ccccc1)C(=O)COc1ccccc1. The minimum atomic E-state index is -0.622. The van der Waals surface area contributed by atoms with Crippen molar-refractivity contribution in [2.75, 3.05) is 13.2 Å². The molecule has 1 N–H and O–H groups in total. The molecule has 0 spiro atoms. The summed E-state index contributed by atoms with van der Waals surface area (Å²) in [5, 5.41) is 2.95. The first-order chi connectivity index (χ1) is 15.1. The first-order valence-electron chi connectivity index (χ1n) is 10.5. The van der Waals surface area contributed by atoms with Crippen molar-refractivity contribution in [3.05, 3.63) is 102 Å². The van der Waals surface area contributed by atoms with Crippen LogP contribution >= 0.6 is 0 Å². The third-order valence-corrected chi connectivity index (χ3v) is 5.02. The molecule has 3 aromatic carbocycles.